The first-order valence-corrected chi connectivity index (χ1v) is 9.42. The van der Waals surface area contributed by atoms with Crippen LogP contribution in [0.1, 0.15) is 5.56 Å². The van der Waals surface area contributed by atoms with E-state index in [4.69, 9.17) is 9.47 Å². The average Bonchev–Trinajstić information content (AvgIpc) is 2.52. The third-order valence-electron chi connectivity index (χ3n) is 3.63. The number of carbonyl (C=O) groups is 2. The summed E-state index contributed by atoms with van der Waals surface area (Å²) in [4.78, 5) is 25.3. The van der Waals surface area contributed by atoms with Crippen molar-refractivity contribution in [2.45, 2.75) is 6.92 Å². The summed E-state index contributed by atoms with van der Waals surface area (Å²) in [5.74, 6) is -1.71. The van der Waals surface area contributed by atoms with E-state index in [2.05, 4.69) is 0 Å². The molecule has 0 unspecified atom stereocenters. The molecule has 0 radical (unpaired) electrons. The predicted octanol–water partition coefficient (Wildman–Crippen LogP) is -7.92. The molecule has 0 aliphatic carbocycles. The van der Waals surface area contributed by atoms with Crippen molar-refractivity contribution < 1.29 is 132 Å². The van der Waals surface area contributed by atoms with Gasteiger partial charge < -0.3 is 29.3 Å². The quantitative estimate of drug-likeness (QED) is 0.220. The molecule has 0 N–H and O–H groups in total. The SMILES string of the molecule is COCOc1ccc(C)cc1P1CN(CC(=O)[O-])CN(CC(=O)[O-])C1.[K+].[K+]. The number of ether oxygens (including phenoxy) is 2. The van der Waals surface area contributed by atoms with Crippen LogP contribution in [0.2, 0.25) is 0 Å². The Kier molecular flexibility index (Phi) is 15.4. The molecule has 1 aromatic rings. The van der Waals surface area contributed by atoms with Gasteiger partial charge in [-0.3, -0.25) is 9.80 Å². The van der Waals surface area contributed by atoms with Gasteiger partial charge in [-0.2, -0.15) is 0 Å². The molecule has 1 aliphatic rings. The maximum atomic E-state index is 11.0. The molecule has 8 nitrogen and oxygen atoms in total. The van der Waals surface area contributed by atoms with Crippen molar-refractivity contribution in [3.8, 4) is 5.75 Å². The number of benzene rings is 1. The molecule has 0 aromatic heterocycles. The third kappa shape index (κ3) is 9.93. The number of aryl methyl sites for hydroxylation is 1. The van der Waals surface area contributed by atoms with Gasteiger partial charge in [0.05, 0.1) is 18.6 Å². The van der Waals surface area contributed by atoms with Crippen molar-refractivity contribution >= 4 is 25.2 Å². The van der Waals surface area contributed by atoms with E-state index in [0.717, 1.165) is 10.9 Å². The van der Waals surface area contributed by atoms with Crippen molar-refractivity contribution in [2.24, 2.45) is 0 Å². The van der Waals surface area contributed by atoms with Crippen LogP contribution in [0.5, 0.6) is 5.75 Å². The average molecular weight is 447 g/mol. The molecule has 1 saturated heterocycles. The van der Waals surface area contributed by atoms with Gasteiger partial charge in [0.25, 0.3) is 0 Å². The zero-order valence-corrected chi connectivity index (χ0v) is 23.4. The second-order valence-corrected chi connectivity index (χ2v) is 8.02. The summed E-state index contributed by atoms with van der Waals surface area (Å²) >= 11 is 0. The second-order valence-electron chi connectivity index (χ2n) is 5.89. The molecular formula is C16H21K2N2O6P. The van der Waals surface area contributed by atoms with E-state index >= 15 is 0 Å². The first kappa shape index (κ1) is 28.5. The maximum Gasteiger partial charge on any atom is 1.00 e. The van der Waals surface area contributed by atoms with E-state index in [1.807, 2.05) is 25.1 Å². The van der Waals surface area contributed by atoms with Crippen LogP contribution >= 0.6 is 7.92 Å². The molecule has 2 rings (SSSR count). The molecule has 138 valence electrons. The summed E-state index contributed by atoms with van der Waals surface area (Å²) in [6, 6.07) is 5.77. The Morgan fingerprint density at radius 2 is 1.67 bits per heavy atom. The number of hydrogen-bond donors (Lipinski definition) is 0. The van der Waals surface area contributed by atoms with Gasteiger partial charge in [-0.05, 0) is 27.0 Å². The van der Waals surface area contributed by atoms with Gasteiger partial charge in [-0.1, -0.05) is 11.6 Å². The van der Waals surface area contributed by atoms with Crippen LogP contribution in [0.3, 0.4) is 0 Å². The summed E-state index contributed by atoms with van der Waals surface area (Å²) in [6.07, 6.45) is 1.05. The normalized spacial score (nSPS) is 15.5. The Morgan fingerprint density at radius 3 is 2.15 bits per heavy atom. The smallest absolute Gasteiger partial charge is 0.549 e. The Bertz CT molecular complexity index is 613. The molecule has 1 aromatic carbocycles. The Morgan fingerprint density at radius 1 is 1.11 bits per heavy atom. The molecule has 0 saturated carbocycles. The Hall–Kier alpha value is 1.54. The van der Waals surface area contributed by atoms with Crippen LogP contribution in [0.4, 0.5) is 0 Å². The summed E-state index contributed by atoms with van der Waals surface area (Å²) < 4.78 is 10.6. The van der Waals surface area contributed by atoms with Gasteiger partial charge >= 0.3 is 103 Å². The van der Waals surface area contributed by atoms with Gasteiger partial charge in [0.15, 0.2) is 6.79 Å². The zero-order valence-electron chi connectivity index (χ0n) is 16.3. The molecule has 27 heavy (non-hydrogen) atoms. The van der Waals surface area contributed by atoms with Crippen molar-refractivity contribution in [2.75, 3.05) is 46.2 Å². The van der Waals surface area contributed by atoms with Crippen LogP contribution in [0.25, 0.3) is 0 Å². The third-order valence-corrected chi connectivity index (χ3v) is 6.15. The van der Waals surface area contributed by atoms with E-state index < -0.39 is 19.9 Å². The van der Waals surface area contributed by atoms with E-state index in [1.54, 1.807) is 9.80 Å². The summed E-state index contributed by atoms with van der Waals surface area (Å²) in [5.41, 5.74) is 1.05. The van der Waals surface area contributed by atoms with Crippen LogP contribution in [-0.2, 0) is 14.3 Å². The van der Waals surface area contributed by atoms with E-state index in [9.17, 15) is 19.8 Å². The topological polar surface area (TPSA) is 105 Å². The van der Waals surface area contributed by atoms with E-state index in [0.29, 0.717) is 18.3 Å². The van der Waals surface area contributed by atoms with Crippen LogP contribution in [0, 0.1) is 6.92 Å². The molecular weight excluding hydrogens is 425 g/mol. The number of carboxylic acids is 2. The first-order chi connectivity index (χ1) is 11.9. The molecule has 1 aliphatic heterocycles. The minimum absolute atomic E-state index is 0. The Labute approximate surface area is 245 Å². The maximum absolute atomic E-state index is 11.0. The molecule has 0 bridgehead atoms. The fourth-order valence-corrected chi connectivity index (χ4v) is 5.31. The standard InChI is InChI=1S/C16H23N2O6P.2K/c1-12-3-4-13(24-11-23-2)14(5-12)25-9-17(6-15(19)20)8-18(10-25)7-16(21)22;;/h3-5H,6-11H2,1-2H3,(H,19,20)(H,21,22);;/q;2*+1/p-2. The van der Waals surface area contributed by atoms with Gasteiger partial charge in [0.2, 0.25) is 0 Å². The summed E-state index contributed by atoms with van der Waals surface area (Å²) in [7, 11) is 0.660. The zero-order chi connectivity index (χ0) is 18.4. The fourth-order valence-electron chi connectivity index (χ4n) is 2.74. The molecule has 0 spiro atoms. The van der Waals surface area contributed by atoms with Crippen molar-refractivity contribution in [3.63, 3.8) is 0 Å². The predicted molar refractivity (Wildman–Crippen MR) is 88.3 cm³/mol. The van der Waals surface area contributed by atoms with Gasteiger partial charge in [0, 0.05) is 38.1 Å². The number of methoxy groups -OCH3 is 1. The minimum atomic E-state index is -1.19. The summed E-state index contributed by atoms with van der Waals surface area (Å²) in [5, 5.41) is 22.9. The number of carbonyl (C=O) groups excluding carboxylic acids is 2. The van der Waals surface area contributed by atoms with Crippen molar-refractivity contribution in [1.82, 2.24) is 9.80 Å². The molecule has 1 fully saturated rings. The minimum Gasteiger partial charge on any atom is -0.549 e. The molecule has 1 heterocycles. The monoisotopic (exact) mass is 446 g/mol. The first-order valence-electron chi connectivity index (χ1n) is 7.70. The molecule has 0 amide bonds. The van der Waals surface area contributed by atoms with E-state index in [1.165, 1.54) is 7.11 Å². The summed E-state index contributed by atoms with van der Waals surface area (Å²) in [6.45, 7) is 1.82. The largest absolute Gasteiger partial charge is 1.00 e. The molecule has 11 heteroatoms. The van der Waals surface area contributed by atoms with Crippen LogP contribution < -0.4 is 123 Å². The van der Waals surface area contributed by atoms with Gasteiger partial charge in [0.1, 0.15) is 5.75 Å². The fraction of sp³-hybridized carbons (Fsp3) is 0.500. The van der Waals surface area contributed by atoms with Crippen LogP contribution in [0.15, 0.2) is 18.2 Å². The van der Waals surface area contributed by atoms with Gasteiger partial charge in [-0.25, -0.2) is 0 Å². The van der Waals surface area contributed by atoms with Gasteiger partial charge in [-0.15, -0.1) is 0 Å². The molecule has 0 atom stereocenters. The van der Waals surface area contributed by atoms with Crippen LogP contribution in [-0.4, -0.2) is 68.0 Å². The number of aliphatic carboxylic acids is 2. The number of hydrogen-bond acceptors (Lipinski definition) is 8. The van der Waals surface area contributed by atoms with E-state index in [-0.39, 0.29) is 129 Å². The Balaban J connectivity index is 0.00000338. The van der Waals surface area contributed by atoms with Crippen molar-refractivity contribution in [1.29, 1.82) is 0 Å². The van der Waals surface area contributed by atoms with Crippen molar-refractivity contribution in [3.05, 3.63) is 23.8 Å². The number of rotatable bonds is 8. The second kappa shape index (κ2) is 14.5. The number of carboxylic acid groups (broad SMARTS) is 2. The number of nitrogens with zero attached hydrogens (tertiary/aromatic N) is 2.